The lowest BCUT2D eigenvalue weighted by Crippen LogP contribution is -2.37. The molecule has 2 unspecified atom stereocenters. The fourth-order valence-corrected chi connectivity index (χ4v) is 6.26. The molecule has 1 N–H and O–H groups in total. The summed E-state index contributed by atoms with van der Waals surface area (Å²) in [5, 5.41) is 18.4. The van der Waals surface area contributed by atoms with Crippen molar-refractivity contribution >= 4 is 17.1 Å². The Labute approximate surface area is 241 Å². The molecule has 2 aliphatic heterocycles. The van der Waals surface area contributed by atoms with Crippen molar-refractivity contribution in [3.63, 3.8) is 0 Å². The number of hydrogen-bond donors (Lipinski definition) is 1. The van der Waals surface area contributed by atoms with Crippen molar-refractivity contribution in [3.8, 4) is 11.9 Å². The summed E-state index contributed by atoms with van der Waals surface area (Å²) in [6.07, 6.45) is 4.42. The molecule has 0 spiro atoms. The number of halogens is 1. The maximum absolute atomic E-state index is 14.3. The van der Waals surface area contributed by atoms with Gasteiger partial charge in [0, 0.05) is 36.4 Å². The third-order valence-corrected chi connectivity index (χ3v) is 8.85. The van der Waals surface area contributed by atoms with Crippen LogP contribution in [0.1, 0.15) is 52.3 Å². The second-order valence-electron chi connectivity index (χ2n) is 11.4. The first-order valence-electron chi connectivity index (χ1n) is 14.1. The van der Waals surface area contributed by atoms with Crippen LogP contribution < -0.4 is 4.74 Å². The first-order valence-corrected chi connectivity index (χ1v) is 14.1. The van der Waals surface area contributed by atoms with Gasteiger partial charge < -0.3 is 19.1 Å². The summed E-state index contributed by atoms with van der Waals surface area (Å²) in [6, 6.07) is 13.7. The highest BCUT2D eigenvalue weighted by atomic mass is 19.1. The van der Waals surface area contributed by atoms with E-state index in [-0.39, 0.29) is 29.3 Å². The van der Waals surface area contributed by atoms with Gasteiger partial charge in [-0.2, -0.15) is 5.26 Å². The van der Waals surface area contributed by atoms with Crippen LogP contribution in [0.3, 0.4) is 0 Å². The highest BCUT2D eigenvalue weighted by Crippen LogP contribution is 2.58. The van der Waals surface area contributed by atoms with Crippen molar-refractivity contribution in [1.82, 2.24) is 24.4 Å². The van der Waals surface area contributed by atoms with Crippen molar-refractivity contribution in [2.45, 2.75) is 50.5 Å². The summed E-state index contributed by atoms with van der Waals surface area (Å²) in [4.78, 5) is 27.9. The number of ether oxygens (including phenoxy) is 2. The van der Waals surface area contributed by atoms with Gasteiger partial charge in [0.25, 0.3) is 0 Å². The van der Waals surface area contributed by atoms with Crippen LogP contribution in [0.2, 0.25) is 0 Å². The molecular formula is C31H29FN6O4. The number of pyridine rings is 2. The van der Waals surface area contributed by atoms with E-state index in [1.54, 1.807) is 24.3 Å². The molecule has 214 valence electrons. The van der Waals surface area contributed by atoms with E-state index in [1.807, 2.05) is 12.1 Å². The largest absolute Gasteiger partial charge is 0.478 e. The van der Waals surface area contributed by atoms with Gasteiger partial charge in [-0.1, -0.05) is 12.1 Å². The Morgan fingerprint density at radius 3 is 2.88 bits per heavy atom. The molecule has 1 aliphatic carbocycles. The maximum Gasteiger partial charge on any atom is 0.337 e. The van der Waals surface area contributed by atoms with Gasteiger partial charge in [0.2, 0.25) is 5.88 Å². The van der Waals surface area contributed by atoms with Gasteiger partial charge in [-0.15, -0.1) is 0 Å². The summed E-state index contributed by atoms with van der Waals surface area (Å²) in [5.74, 6) is 0.301. The lowest BCUT2D eigenvalue weighted by atomic mass is 9.91. The smallest absolute Gasteiger partial charge is 0.337 e. The highest BCUT2D eigenvalue weighted by Gasteiger charge is 2.58. The third-order valence-electron chi connectivity index (χ3n) is 8.85. The van der Waals surface area contributed by atoms with Gasteiger partial charge in [0.05, 0.1) is 47.6 Å². The number of nitriles is 1. The molecule has 5 heterocycles. The van der Waals surface area contributed by atoms with E-state index in [4.69, 9.17) is 24.7 Å². The van der Waals surface area contributed by atoms with E-state index in [2.05, 4.69) is 20.5 Å². The molecule has 4 aromatic rings. The van der Waals surface area contributed by atoms with Crippen molar-refractivity contribution in [2.75, 3.05) is 19.7 Å². The monoisotopic (exact) mass is 568 g/mol. The predicted octanol–water partition coefficient (Wildman–Crippen LogP) is 4.07. The van der Waals surface area contributed by atoms with E-state index < -0.39 is 11.8 Å². The van der Waals surface area contributed by atoms with Gasteiger partial charge in [-0.3, -0.25) is 4.90 Å². The Bertz CT molecular complexity index is 1730. The molecule has 1 aromatic carbocycles. The Morgan fingerprint density at radius 1 is 1.26 bits per heavy atom. The van der Waals surface area contributed by atoms with Crippen molar-refractivity contribution in [1.29, 1.82) is 5.26 Å². The average molecular weight is 569 g/mol. The van der Waals surface area contributed by atoms with Gasteiger partial charge in [-0.05, 0) is 56.0 Å². The number of imidazole rings is 1. The van der Waals surface area contributed by atoms with Crippen LogP contribution in [0.4, 0.5) is 4.39 Å². The van der Waals surface area contributed by atoms with Crippen LogP contribution >= 0.6 is 0 Å². The topological polar surface area (TPSA) is 126 Å². The number of aromatic carboxylic acids is 1. The number of rotatable bonds is 9. The van der Waals surface area contributed by atoms with Gasteiger partial charge >= 0.3 is 5.97 Å². The van der Waals surface area contributed by atoms with Gasteiger partial charge in [-0.25, -0.2) is 24.1 Å². The number of nitrogens with zero attached hydrogens (tertiary/aromatic N) is 6. The van der Waals surface area contributed by atoms with Crippen LogP contribution in [0.5, 0.6) is 5.88 Å². The summed E-state index contributed by atoms with van der Waals surface area (Å²) in [6.45, 7) is 3.82. The number of carboxylic acid groups (broad SMARTS) is 1. The molecule has 11 heteroatoms. The molecule has 10 nitrogen and oxygen atoms in total. The lowest BCUT2D eigenvalue weighted by molar-refractivity contribution is -0.0592. The molecule has 1 saturated carbocycles. The zero-order valence-electron chi connectivity index (χ0n) is 22.9. The van der Waals surface area contributed by atoms with E-state index in [0.717, 1.165) is 56.0 Å². The van der Waals surface area contributed by atoms with Crippen LogP contribution in [-0.4, -0.2) is 61.3 Å². The van der Waals surface area contributed by atoms with E-state index in [0.29, 0.717) is 36.1 Å². The van der Waals surface area contributed by atoms with Crippen LogP contribution in [0.25, 0.3) is 11.2 Å². The third kappa shape index (κ3) is 4.86. The number of carbonyl (C=O) groups is 1. The second-order valence-corrected chi connectivity index (χ2v) is 11.4. The molecule has 3 atom stereocenters. The molecule has 3 fully saturated rings. The summed E-state index contributed by atoms with van der Waals surface area (Å²) >= 11 is 0. The first kappa shape index (κ1) is 26.5. The number of piperidine rings is 1. The Balaban J connectivity index is 1.04. The fraction of sp³-hybridized carbons (Fsp3) is 0.387. The number of fused-ring (bicyclic) bond motifs is 2. The number of likely N-dealkylation sites (tertiary alicyclic amines) is 1. The van der Waals surface area contributed by atoms with Crippen molar-refractivity contribution in [2.24, 2.45) is 5.92 Å². The minimum atomic E-state index is -1.01. The quantitative estimate of drug-likeness (QED) is 0.318. The number of carboxylic acids is 1. The Kier molecular flexibility index (Phi) is 6.60. The maximum atomic E-state index is 14.3. The van der Waals surface area contributed by atoms with Crippen molar-refractivity contribution in [3.05, 3.63) is 82.7 Å². The van der Waals surface area contributed by atoms with Crippen LogP contribution in [0, 0.1) is 23.1 Å². The number of hydrogen-bond acceptors (Lipinski definition) is 8. The second kappa shape index (κ2) is 10.5. The number of benzene rings is 1. The molecule has 0 amide bonds. The SMILES string of the molecule is N#Cc1ccc(COc2cccc(C34CCN(Cc5nc6ncc(C(=O)O)cc6n5C[C@@H]5CCO5)CC3C4)n2)c(F)c1. The average Bonchev–Trinajstić information content (AvgIpc) is 3.62. The number of aromatic nitrogens is 4. The summed E-state index contributed by atoms with van der Waals surface area (Å²) < 4.78 is 27.9. The normalized spacial score (nSPS) is 23.1. The molecule has 3 aliphatic rings. The van der Waals surface area contributed by atoms with Gasteiger partial charge in [0.15, 0.2) is 5.65 Å². The van der Waals surface area contributed by atoms with E-state index in [9.17, 15) is 14.3 Å². The molecule has 0 radical (unpaired) electrons. The minimum absolute atomic E-state index is 0.00736. The van der Waals surface area contributed by atoms with E-state index in [1.165, 1.54) is 12.3 Å². The molecule has 42 heavy (non-hydrogen) atoms. The first-order chi connectivity index (χ1) is 20.4. The molecule has 7 rings (SSSR count). The lowest BCUT2D eigenvalue weighted by Gasteiger charge is -2.32. The van der Waals surface area contributed by atoms with Crippen molar-refractivity contribution < 1.29 is 23.8 Å². The van der Waals surface area contributed by atoms with Crippen LogP contribution in [0.15, 0.2) is 48.7 Å². The molecule has 2 saturated heterocycles. The minimum Gasteiger partial charge on any atom is -0.478 e. The predicted molar refractivity (Wildman–Crippen MR) is 148 cm³/mol. The Morgan fingerprint density at radius 2 is 2.14 bits per heavy atom. The summed E-state index contributed by atoms with van der Waals surface area (Å²) in [5.41, 5.74) is 3.08. The zero-order valence-corrected chi connectivity index (χ0v) is 22.9. The zero-order chi connectivity index (χ0) is 28.8. The standard InChI is InChI=1S/C31H29FN6O4/c32-24-10-19(13-33)4-5-20(24)18-42-28-3-1-2-26(35-28)31-7-8-37(15-22(31)12-31)17-27-36-29-25(11-21(14-34-29)30(39)40)38(27)16-23-6-9-41-23/h1-5,10-11,14,22-23H,6-9,12,15-18H2,(H,39,40)/t22?,23-,31?/m0/s1. The summed E-state index contributed by atoms with van der Waals surface area (Å²) in [7, 11) is 0. The molecule has 3 aromatic heterocycles. The fourth-order valence-electron chi connectivity index (χ4n) is 6.26. The molecular weight excluding hydrogens is 539 g/mol. The molecule has 0 bridgehead atoms. The Hall–Kier alpha value is -4.40. The van der Waals surface area contributed by atoms with E-state index >= 15 is 0 Å². The van der Waals surface area contributed by atoms with Gasteiger partial charge in [0.1, 0.15) is 18.2 Å². The van der Waals surface area contributed by atoms with Crippen LogP contribution in [-0.2, 0) is 29.8 Å². The highest BCUT2D eigenvalue weighted by molar-refractivity contribution is 5.91.